The van der Waals surface area contributed by atoms with E-state index in [0.717, 1.165) is 12.8 Å². The number of esters is 1. The van der Waals surface area contributed by atoms with Gasteiger partial charge in [-0.25, -0.2) is 4.79 Å². The molecule has 1 heterocycles. The normalized spacial score (nSPS) is 16.7. The highest BCUT2D eigenvalue weighted by Gasteiger charge is 2.28. The maximum absolute atomic E-state index is 12.3. The largest absolute Gasteiger partial charge is 0.469 e. The average Bonchev–Trinajstić information content (AvgIpc) is 2.60. The van der Waals surface area contributed by atoms with Gasteiger partial charge in [-0.15, -0.1) is 0 Å². The van der Waals surface area contributed by atoms with Gasteiger partial charge >= 0.3 is 12.0 Å². The van der Waals surface area contributed by atoms with Gasteiger partial charge in [-0.2, -0.15) is 0 Å². The van der Waals surface area contributed by atoms with E-state index in [1.807, 2.05) is 25.1 Å². The van der Waals surface area contributed by atoms with Crippen molar-refractivity contribution in [2.75, 3.05) is 20.2 Å². The number of nitrogens with one attached hydrogen (secondary N) is 1. The van der Waals surface area contributed by atoms with Gasteiger partial charge in [0.25, 0.3) is 0 Å². The van der Waals surface area contributed by atoms with Crippen LogP contribution in [0.4, 0.5) is 4.79 Å². The minimum Gasteiger partial charge on any atom is -0.469 e. The molecule has 1 aromatic rings. The van der Waals surface area contributed by atoms with Crippen LogP contribution in [-0.2, 0) is 16.0 Å². The van der Waals surface area contributed by atoms with Gasteiger partial charge < -0.3 is 15.0 Å². The van der Waals surface area contributed by atoms with Gasteiger partial charge in [0.1, 0.15) is 0 Å². The number of rotatable bonds is 5. The number of urea groups is 1. The molecule has 2 amide bonds. The number of carbonyl (C=O) groups is 2. The van der Waals surface area contributed by atoms with Crippen molar-refractivity contribution in [2.24, 2.45) is 5.92 Å². The number of piperidine rings is 1. The molecular formula is C18H26N2O3. The molecule has 2 rings (SSSR count). The summed E-state index contributed by atoms with van der Waals surface area (Å²) in [4.78, 5) is 25.6. The molecule has 1 aromatic carbocycles. The second-order valence-electron chi connectivity index (χ2n) is 6.16. The first kappa shape index (κ1) is 17.3. The zero-order chi connectivity index (χ0) is 16.7. The number of likely N-dealkylation sites (tertiary alicyclic amines) is 1. The molecule has 5 heteroatoms. The van der Waals surface area contributed by atoms with Crippen LogP contribution < -0.4 is 5.32 Å². The fourth-order valence-corrected chi connectivity index (χ4v) is 2.89. The molecule has 1 atom stereocenters. The van der Waals surface area contributed by atoms with E-state index in [2.05, 4.69) is 17.4 Å². The van der Waals surface area contributed by atoms with Crippen LogP contribution in [0, 0.1) is 5.92 Å². The van der Waals surface area contributed by atoms with Gasteiger partial charge in [0.05, 0.1) is 13.0 Å². The third-order valence-corrected chi connectivity index (χ3v) is 4.40. The first-order valence-corrected chi connectivity index (χ1v) is 8.27. The zero-order valence-electron chi connectivity index (χ0n) is 14.0. The van der Waals surface area contributed by atoms with Crippen molar-refractivity contribution in [3.8, 4) is 0 Å². The van der Waals surface area contributed by atoms with Gasteiger partial charge in [-0.1, -0.05) is 30.3 Å². The fraction of sp³-hybridized carbons (Fsp3) is 0.556. The summed E-state index contributed by atoms with van der Waals surface area (Å²) >= 11 is 0. The quantitative estimate of drug-likeness (QED) is 0.849. The van der Waals surface area contributed by atoms with E-state index in [0.29, 0.717) is 25.9 Å². The maximum Gasteiger partial charge on any atom is 0.317 e. The lowest BCUT2D eigenvalue weighted by Crippen LogP contribution is -2.48. The molecule has 1 aliphatic rings. The first-order valence-electron chi connectivity index (χ1n) is 8.27. The van der Waals surface area contributed by atoms with Gasteiger partial charge in [-0.3, -0.25) is 4.79 Å². The van der Waals surface area contributed by atoms with Crippen molar-refractivity contribution in [3.63, 3.8) is 0 Å². The van der Waals surface area contributed by atoms with Gasteiger partial charge in [0.2, 0.25) is 0 Å². The number of nitrogens with zero attached hydrogens (tertiary/aromatic N) is 1. The number of ether oxygens (including phenoxy) is 1. The number of hydrogen-bond acceptors (Lipinski definition) is 3. The standard InChI is InChI=1S/C18H26N2O3/c1-14(8-9-15-6-4-3-5-7-15)19-18(22)20-12-10-16(11-13-20)17(21)23-2/h3-7,14,16H,8-13H2,1-2H3,(H,19,22)/t14-/m0/s1. The fourth-order valence-electron chi connectivity index (χ4n) is 2.89. The van der Waals surface area contributed by atoms with Crippen LogP contribution in [0.3, 0.4) is 0 Å². The number of carbonyl (C=O) groups excluding carboxylic acids is 2. The molecule has 5 nitrogen and oxygen atoms in total. The molecule has 1 saturated heterocycles. The summed E-state index contributed by atoms with van der Waals surface area (Å²) in [6.07, 6.45) is 3.22. The summed E-state index contributed by atoms with van der Waals surface area (Å²) in [6, 6.07) is 10.4. The SMILES string of the molecule is COC(=O)C1CCN(C(=O)N[C@@H](C)CCc2ccccc2)CC1. The van der Waals surface area contributed by atoms with E-state index in [4.69, 9.17) is 4.74 Å². The minimum atomic E-state index is -0.165. The summed E-state index contributed by atoms with van der Waals surface area (Å²) in [5.41, 5.74) is 1.28. The van der Waals surface area contributed by atoms with Gasteiger partial charge in [-0.05, 0) is 38.2 Å². The van der Waals surface area contributed by atoms with Crippen LogP contribution >= 0.6 is 0 Å². The smallest absolute Gasteiger partial charge is 0.317 e. The van der Waals surface area contributed by atoms with E-state index in [-0.39, 0.29) is 24.0 Å². The molecular weight excluding hydrogens is 292 g/mol. The second-order valence-corrected chi connectivity index (χ2v) is 6.16. The summed E-state index contributed by atoms with van der Waals surface area (Å²) in [6.45, 7) is 3.25. The Balaban J connectivity index is 1.71. The van der Waals surface area contributed by atoms with Crippen LogP contribution in [0.15, 0.2) is 30.3 Å². The second kappa shape index (κ2) is 8.56. The predicted octanol–water partition coefficient (Wildman–Crippen LogP) is 2.60. The van der Waals surface area contributed by atoms with Crippen LogP contribution in [0.25, 0.3) is 0 Å². The van der Waals surface area contributed by atoms with Crippen molar-refractivity contribution in [1.29, 1.82) is 0 Å². The molecule has 0 spiro atoms. The number of aryl methyl sites for hydroxylation is 1. The Morgan fingerprint density at radius 1 is 1.26 bits per heavy atom. The third-order valence-electron chi connectivity index (χ3n) is 4.40. The highest BCUT2D eigenvalue weighted by atomic mass is 16.5. The lowest BCUT2D eigenvalue weighted by Gasteiger charge is -2.31. The Labute approximate surface area is 138 Å². The Bertz CT molecular complexity index is 510. The topological polar surface area (TPSA) is 58.6 Å². The van der Waals surface area contributed by atoms with Crippen LogP contribution in [0.2, 0.25) is 0 Å². The number of hydrogen-bond donors (Lipinski definition) is 1. The van der Waals surface area contributed by atoms with Crippen LogP contribution in [0.5, 0.6) is 0 Å². The lowest BCUT2D eigenvalue weighted by molar-refractivity contribution is -0.146. The lowest BCUT2D eigenvalue weighted by atomic mass is 9.97. The van der Waals surface area contributed by atoms with Gasteiger partial charge in [0.15, 0.2) is 0 Å². The number of methoxy groups -OCH3 is 1. The van der Waals surface area contributed by atoms with E-state index in [1.165, 1.54) is 12.7 Å². The van der Waals surface area contributed by atoms with Crippen molar-refractivity contribution in [1.82, 2.24) is 10.2 Å². The summed E-state index contributed by atoms with van der Waals surface area (Å²) in [7, 11) is 1.41. The van der Waals surface area contributed by atoms with Crippen LogP contribution in [0.1, 0.15) is 31.7 Å². The first-order chi connectivity index (χ1) is 11.1. The molecule has 0 saturated carbocycles. The molecule has 0 aromatic heterocycles. The summed E-state index contributed by atoms with van der Waals surface area (Å²) in [5.74, 6) is -0.235. The minimum absolute atomic E-state index is 0.0334. The molecule has 1 N–H and O–H groups in total. The number of benzene rings is 1. The van der Waals surface area contributed by atoms with Crippen LogP contribution in [-0.4, -0.2) is 43.1 Å². The zero-order valence-corrected chi connectivity index (χ0v) is 14.0. The monoisotopic (exact) mass is 318 g/mol. The average molecular weight is 318 g/mol. The molecule has 126 valence electrons. The van der Waals surface area contributed by atoms with E-state index >= 15 is 0 Å². The summed E-state index contributed by atoms with van der Waals surface area (Å²) < 4.78 is 4.77. The molecule has 0 bridgehead atoms. The molecule has 1 fully saturated rings. The van der Waals surface area contributed by atoms with E-state index in [1.54, 1.807) is 4.90 Å². The Morgan fingerprint density at radius 2 is 1.91 bits per heavy atom. The van der Waals surface area contributed by atoms with Crippen molar-refractivity contribution >= 4 is 12.0 Å². The molecule has 1 aliphatic heterocycles. The Morgan fingerprint density at radius 3 is 2.52 bits per heavy atom. The van der Waals surface area contributed by atoms with Crippen molar-refractivity contribution in [2.45, 2.75) is 38.6 Å². The summed E-state index contributed by atoms with van der Waals surface area (Å²) in [5, 5.41) is 3.05. The molecule has 0 unspecified atom stereocenters. The van der Waals surface area contributed by atoms with Crippen molar-refractivity contribution in [3.05, 3.63) is 35.9 Å². The van der Waals surface area contributed by atoms with E-state index in [9.17, 15) is 9.59 Å². The van der Waals surface area contributed by atoms with Gasteiger partial charge in [0, 0.05) is 19.1 Å². The Kier molecular flexibility index (Phi) is 6.44. The number of amides is 2. The maximum atomic E-state index is 12.3. The molecule has 23 heavy (non-hydrogen) atoms. The Hall–Kier alpha value is -2.04. The molecule has 0 aliphatic carbocycles. The highest BCUT2D eigenvalue weighted by molar-refractivity contribution is 5.76. The van der Waals surface area contributed by atoms with Crippen molar-refractivity contribution < 1.29 is 14.3 Å². The predicted molar refractivity (Wildman–Crippen MR) is 89.1 cm³/mol. The third kappa shape index (κ3) is 5.27. The molecule has 0 radical (unpaired) electrons. The highest BCUT2D eigenvalue weighted by Crippen LogP contribution is 2.18. The van der Waals surface area contributed by atoms with E-state index < -0.39 is 0 Å².